The van der Waals surface area contributed by atoms with E-state index in [2.05, 4.69) is 5.32 Å². The van der Waals surface area contributed by atoms with Crippen LogP contribution in [0.1, 0.15) is 23.2 Å². The fourth-order valence-electron chi connectivity index (χ4n) is 1.52. The number of phenols is 1. The molecule has 0 heterocycles. The molecule has 1 aliphatic rings. The van der Waals surface area contributed by atoms with Crippen molar-refractivity contribution >= 4 is 11.6 Å². The van der Waals surface area contributed by atoms with E-state index in [1.54, 1.807) is 0 Å². The van der Waals surface area contributed by atoms with Gasteiger partial charge >= 0.3 is 0 Å². The van der Waals surface area contributed by atoms with Crippen LogP contribution in [-0.2, 0) is 0 Å². The third kappa shape index (κ3) is 1.94. The largest absolute Gasteiger partial charge is 0.508 e. The molecule has 16 heavy (non-hydrogen) atoms. The van der Waals surface area contributed by atoms with Crippen molar-refractivity contribution in [3.8, 4) is 5.75 Å². The van der Waals surface area contributed by atoms with Gasteiger partial charge in [-0.05, 0) is 31.0 Å². The molecule has 0 saturated heterocycles. The van der Waals surface area contributed by atoms with Crippen LogP contribution in [-0.4, -0.2) is 28.3 Å². The maximum Gasteiger partial charge on any atom is 0.254 e. The van der Waals surface area contributed by atoms with Gasteiger partial charge in [-0.2, -0.15) is 0 Å². The zero-order valence-corrected chi connectivity index (χ0v) is 8.73. The third-order valence-corrected chi connectivity index (χ3v) is 2.82. The van der Waals surface area contributed by atoms with Crippen LogP contribution in [0, 0.1) is 0 Å². The van der Waals surface area contributed by atoms with Crippen molar-refractivity contribution in [3.05, 3.63) is 23.8 Å². The Morgan fingerprint density at radius 1 is 1.50 bits per heavy atom. The van der Waals surface area contributed by atoms with E-state index in [1.165, 1.54) is 18.2 Å². The summed E-state index contributed by atoms with van der Waals surface area (Å²) in [5.74, 6) is -0.367. The number of phenolic OH excluding ortho intramolecular Hbond substituents is 1. The minimum atomic E-state index is -0.477. The fourth-order valence-corrected chi connectivity index (χ4v) is 1.52. The summed E-state index contributed by atoms with van der Waals surface area (Å²) in [4.78, 5) is 11.8. The average Bonchev–Trinajstić information content (AvgIpc) is 3.02. The molecule has 1 saturated carbocycles. The number of benzene rings is 1. The lowest BCUT2D eigenvalue weighted by molar-refractivity contribution is 0.0907. The Labute approximate surface area is 92.9 Å². The second kappa shape index (κ2) is 3.68. The summed E-state index contributed by atoms with van der Waals surface area (Å²) in [5, 5.41) is 21.1. The van der Waals surface area contributed by atoms with E-state index in [-0.39, 0.29) is 23.8 Å². The van der Waals surface area contributed by atoms with Crippen molar-refractivity contribution < 1.29 is 15.0 Å². The molecule has 0 atom stereocenters. The first-order valence-electron chi connectivity index (χ1n) is 5.08. The highest BCUT2D eigenvalue weighted by Gasteiger charge is 2.43. The van der Waals surface area contributed by atoms with E-state index in [1.807, 2.05) is 0 Å². The summed E-state index contributed by atoms with van der Waals surface area (Å²) in [6.45, 7) is -0.0720. The highest BCUT2D eigenvalue weighted by Crippen LogP contribution is 2.35. The van der Waals surface area contributed by atoms with E-state index in [0.717, 1.165) is 12.8 Å². The summed E-state index contributed by atoms with van der Waals surface area (Å²) in [6, 6.07) is 4.21. The lowest BCUT2D eigenvalue weighted by atomic mass is 10.1. The van der Waals surface area contributed by atoms with Gasteiger partial charge in [0.25, 0.3) is 5.91 Å². The lowest BCUT2D eigenvalue weighted by Crippen LogP contribution is -2.39. The molecule has 0 unspecified atom stereocenters. The number of hydrogen-bond donors (Lipinski definition) is 4. The van der Waals surface area contributed by atoms with Gasteiger partial charge in [-0.25, -0.2) is 0 Å². The number of carbonyl (C=O) groups is 1. The molecule has 1 fully saturated rings. The van der Waals surface area contributed by atoms with Crippen LogP contribution in [0.15, 0.2) is 18.2 Å². The Morgan fingerprint density at radius 2 is 2.19 bits per heavy atom. The maximum atomic E-state index is 11.8. The first-order chi connectivity index (χ1) is 7.56. The van der Waals surface area contributed by atoms with Gasteiger partial charge in [0.2, 0.25) is 0 Å². The number of anilines is 1. The van der Waals surface area contributed by atoms with Crippen LogP contribution in [0.2, 0.25) is 0 Å². The number of carbonyl (C=O) groups excluding carboxylic acids is 1. The Kier molecular flexibility index (Phi) is 2.47. The van der Waals surface area contributed by atoms with Crippen LogP contribution in [0.4, 0.5) is 5.69 Å². The number of aromatic hydroxyl groups is 1. The van der Waals surface area contributed by atoms with Crippen LogP contribution in [0.3, 0.4) is 0 Å². The van der Waals surface area contributed by atoms with Gasteiger partial charge in [-0.15, -0.1) is 0 Å². The van der Waals surface area contributed by atoms with E-state index in [4.69, 9.17) is 10.8 Å². The molecule has 0 aliphatic heterocycles. The molecule has 0 radical (unpaired) electrons. The Balaban J connectivity index is 2.17. The molecule has 0 bridgehead atoms. The highest BCUT2D eigenvalue weighted by molar-refractivity contribution is 6.00. The normalized spacial score (nSPS) is 16.8. The van der Waals surface area contributed by atoms with E-state index >= 15 is 0 Å². The molecule has 5 heteroatoms. The van der Waals surface area contributed by atoms with Gasteiger partial charge in [-0.1, -0.05) is 0 Å². The summed E-state index contributed by atoms with van der Waals surface area (Å²) < 4.78 is 0. The molecule has 2 rings (SSSR count). The number of aliphatic hydroxyl groups is 1. The van der Waals surface area contributed by atoms with Crippen molar-refractivity contribution in [1.82, 2.24) is 5.32 Å². The predicted octanol–water partition coefficient (Wildman–Crippen LogP) is 0.229. The number of hydrogen-bond acceptors (Lipinski definition) is 4. The lowest BCUT2D eigenvalue weighted by Gasteiger charge is -2.15. The van der Waals surface area contributed by atoms with Gasteiger partial charge in [0.15, 0.2) is 0 Å². The standard InChI is InChI=1S/C11H14N2O3/c12-9-2-1-7(15)5-8(9)10(16)13-11(6-14)3-4-11/h1-2,5,14-15H,3-4,6,12H2,(H,13,16). The van der Waals surface area contributed by atoms with Crippen LogP contribution >= 0.6 is 0 Å². The van der Waals surface area contributed by atoms with E-state index < -0.39 is 5.54 Å². The molecule has 1 aliphatic carbocycles. The summed E-state index contributed by atoms with van der Waals surface area (Å²) in [5.41, 5.74) is 5.70. The molecule has 0 spiro atoms. The predicted molar refractivity (Wildman–Crippen MR) is 59.0 cm³/mol. The molecule has 0 aromatic heterocycles. The first kappa shape index (κ1) is 10.8. The van der Waals surface area contributed by atoms with Crippen LogP contribution in [0.25, 0.3) is 0 Å². The molecular formula is C11H14N2O3. The maximum absolute atomic E-state index is 11.8. The minimum absolute atomic E-state index is 0.00630. The van der Waals surface area contributed by atoms with Gasteiger partial charge in [0.1, 0.15) is 5.75 Å². The number of rotatable bonds is 3. The molecule has 86 valence electrons. The second-order valence-corrected chi connectivity index (χ2v) is 4.16. The number of nitrogens with two attached hydrogens (primary N) is 1. The summed E-state index contributed by atoms with van der Waals surface area (Å²) >= 11 is 0. The average molecular weight is 222 g/mol. The molecule has 5 nitrogen and oxygen atoms in total. The zero-order valence-electron chi connectivity index (χ0n) is 8.73. The van der Waals surface area contributed by atoms with Crippen molar-refractivity contribution in [1.29, 1.82) is 0 Å². The van der Waals surface area contributed by atoms with Crippen LogP contribution < -0.4 is 11.1 Å². The van der Waals surface area contributed by atoms with Gasteiger partial charge in [0, 0.05) is 5.69 Å². The fraction of sp³-hybridized carbons (Fsp3) is 0.364. The van der Waals surface area contributed by atoms with Crippen LogP contribution in [0.5, 0.6) is 5.75 Å². The van der Waals surface area contributed by atoms with Crippen molar-refractivity contribution in [2.75, 3.05) is 12.3 Å². The van der Waals surface area contributed by atoms with Gasteiger partial charge in [0.05, 0.1) is 17.7 Å². The van der Waals surface area contributed by atoms with Gasteiger partial charge in [-0.3, -0.25) is 4.79 Å². The number of nitrogens with one attached hydrogen (secondary N) is 1. The minimum Gasteiger partial charge on any atom is -0.508 e. The van der Waals surface area contributed by atoms with Crippen molar-refractivity contribution in [2.24, 2.45) is 0 Å². The monoisotopic (exact) mass is 222 g/mol. The molecule has 1 aromatic carbocycles. The zero-order chi connectivity index (χ0) is 11.8. The quantitative estimate of drug-likeness (QED) is 0.435. The Hall–Kier alpha value is -1.75. The SMILES string of the molecule is Nc1ccc(O)cc1C(=O)NC1(CO)CC1. The van der Waals surface area contributed by atoms with E-state index in [0.29, 0.717) is 5.69 Å². The topological polar surface area (TPSA) is 95.6 Å². The molecule has 5 N–H and O–H groups in total. The van der Waals surface area contributed by atoms with Crippen molar-refractivity contribution in [2.45, 2.75) is 18.4 Å². The Bertz CT molecular complexity index is 427. The third-order valence-electron chi connectivity index (χ3n) is 2.82. The summed E-state index contributed by atoms with van der Waals surface area (Å²) in [7, 11) is 0. The smallest absolute Gasteiger partial charge is 0.254 e. The molecule has 1 amide bonds. The molecule has 1 aromatic rings. The van der Waals surface area contributed by atoms with Crippen molar-refractivity contribution in [3.63, 3.8) is 0 Å². The first-order valence-corrected chi connectivity index (χ1v) is 5.08. The number of nitrogen functional groups attached to an aromatic ring is 1. The number of aliphatic hydroxyl groups excluding tert-OH is 1. The van der Waals surface area contributed by atoms with E-state index in [9.17, 15) is 9.90 Å². The Morgan fingerprint density at radius 3 is 2.75 bits per heavy atom. The second-order valence-electron chi connectivity index (χ2n) is 4.16. The molecular weight excluding hydrogens is 208 g/mol. The summed E-state index contributed by atoms with van der Waals surface area (Å²) in [6.07, 6.45) is 1.54. The number of amides is 1. The van der Waals surface area contributed by atoms with Gasteiger partial charge < -0.3 is 21.3 Å². The highest BCUT2D eigenvalue weighted by atomic mass is 16.3.